The molecule has 27 heavy (non-hydrogen) atoms. The molecule has 2 aliphatic rings. The summed E-state index contributed by atoms with van der Waals surface area (Å²) in [4.78, 5) is 22.8. The van der Waals surface area contributed by atoms with Crippen molar-refractivity contribution in [2.75, 3.05) is 48.4 Å². The van der Waals surface area contributed by atoms with Crippen LogP contribution in [-0.2, 0) is 11.2 Å². The van der Waals surface area contributed by atoms with E-state index < -0.39 is 0 Å². The second kappa shape index (κ2) is 6.75. The smallest absolute Gasteiger partial charge is 0.228 e. The molecule has 5 rings (SSSR count). The fourth-order valence-electron chi connectivity index (χ4n) is 3.50. The number of hydrogen-bond acceptors (Lipinski definition) is 9. The van der Waals surface area contributed by atoms with Gasteiger partial charge in [0.2, 0.25) is 5.95 Å². The molecular weight excluding hydrogens is 362 g/mol. The summed E-state index contributed by atoms with van der Waals surface area (Å²) in [7, 11) is 0. The van der Waals surface area contributed by atoms with Crippen molar-refractivity contribution in [3.63, 3.8) is 0 Å². The van der Waals surface area contributed by atoms with Gasteiger partial charge in [0, 0.05) is 48.7 Å². The van der Waals surface area contributed by atoms with E-state index in [4.69, 9.17) is 20.4 Å². The summed E-state index contributed by atoms with van der Waals surface area (Å²) in [5.74, 6) is 2.20. The lowest BCUT2D eigenvalue weighted by Gasteiger charge is -2.28. The molecule has 138 valence electrons. The van der Waals surface area contributed by atoms with E-state index in [1.54, 1.807) is 12.4 Å². The highest BCUT2D eigenvalue weighted by atomic mass is 32.1. The zero-order chi connectivity index (χ0) is 18.2. The predicted molar refractivity (Wildman–Crippen MR) is 106 cm³/mol. The molecule has 2 aliphatic heterocycles. The van der Waals surface area contributed by atoms with Gasteiger partial charge >= 0.3 is 0 Å². The van der Waals surface area contributed by atoms with Crippen molar-refractivity contribution < 1.29 is 4.74 Å². The largest absolute Gasteiger partial charge is 0.383 e. The van der Waals surface area contributed by atoms with Crippen molar-refractivity contribution in [1.29, 1.82) is 0 Å². The van der Waals surface area contributed by atoms with Crippen LogP contribution in [0.3, 0.4) is 0 Å². The molecule has 1 saturated heterocycles. The van der Waals surface area contributed by atoms with Crippen molar-refractivity contribution in [3.8, 4) is 10.7 Å². The van der Waals surface area contributed by atoms with E-state index in [0.717, 1.165) is 59.8 Å². The molecule has 0 unspecified atom stereocenters. The van der Waals surface area contributed by atoms with Gasteiger partial charge in [0.15, 0.2) is 0 Å². The van der Waals surface area contributed by atoms with Gasteiger partial charge in [-0.15, -0.1) is 11.3 Å². The van der Waals surface area contributed by atoms with E-state index in [1.165, 1.54) is 11.3 Å². The van der Waals surface area contributed by atoms with Gasteiger partial charge in [-0.25, -0.2) is 9.97 Å². The Hall–Kier alpha value is -2.78. The highest BCUT2D eigenvalue weighted by Crippen LogP contribution is 2.40. The highest BCUT2D eigenvalue weighted by Gasteiger charge is 2.29. The zero-order valence-corrected chi connectivity index (χ0v) is 15.5. The van der Waals surface area contributed by atoms with Crippen molar-refractivity contribution in [1.82, 2.24) is 19.9 Å². The Balaban J connectivity index is 1.64. The van der Waals surface area contributed by atoms with Gasteiger partial charge in [0.05, 0.1) is 13.2 Å². The maximum atomic E-state index is 5.87. The average molecular weight is 381 g/mol. The fourth-order valence-corrected chi connectivity index (χ4v) is 4.22. The van der Waals surface area contributed by atoms with Crippen LogP contribution in [0.5, 0.6) is 0 Å². The van der Waals surface area contributed by atoms with Gasteiger partial charge < -0.3 is 20.3 Å². The first-order valence-electron chi connectivity index (χ1n) is 8.92. The number of nitrogens with two attached hydrogens (primary N) is 1. The number of anilines is 4. The molecule has 0 saturated carbocycles. The van der Waals surface area contributed by atoms with E-state index in [-0.39, 0.29) is 0 Å². The summed E-state index contributed by atoms with van der Waals surface area (Å²) in [5, 5.41) is 2.70. The third-order valence-electron chi connectivity index (χ3n) is 4.81. The first-order chi connectivity index (χ1) is 13.3. The molecule has 0 bridgehead atoms. The first-order valence-corrected chi connectivity index (χ1v) is 9.80. The van der Waals surface area contributed by atoms with Gasteiger partial charge in [-0.05, 0) is 18.6 Å². The summed E-state index contributed by atoms with van der Waals surface area (Å²) < 4.78 is 5.48. The van der Waals surface area contributed by atoms with E-state index in [2.05, 4.69) is 19.8 Å². The van der Waals surface area contributed by atoms with E-state index in [0.29, 0.717) is 19.0 Å². The Labute approximate surface area is 160 Å². The molecule has 9 heteroatoms. The number of aromatic nitrogens is 4. The lowest BCUT2D eigenvalue weighted by Crippen LogP contribution is -2.37. The van der Waals surface area contributed by atoms with Gasteiger partial charge in [0.1, 0.15) is 22.3 Å². The highest BCUT2D eigenvalue weighted by molar-refractivity contribution is 7.13. The van der Waals surface area contributed by atoms with Gasteiger partial charge in [-0.1, -0.05) is 0 Å². The van der Waals surface area contributed by atoms with Crippen LogP contribution in [0.15, 0.2) is 29.9 Å². The number of thiazole rings is 1. The lowest BCUT2D eigenvalue weighted by molar-refractivity contribution is 0.122. The number of fused-ring (bicyclic) bond motifs is 1. The molecule has 0 radical (unpaired) electrons. The Bertz CT molecular complexity index is 956. The minimum Gasteiger partial charge on any atom is -0.383 e. The molecule has 0 amide bonds. The van der Waals surface area contributed by atoms with E-state index in [9.17, 15) is 0 Å². The SMILES string of the molecule is Nc1csc(-c2nc(N3CCOCC3)nc3c2CCN3c2ccncc2)n1. The van der Waals surface area contributed by atoms with Gasteiger partial charge in [-0.2, -0.15) is 4.98 Å². The second-order valence-corrected chi connectivity index (χ2v) is 7.32. The summed E-state index contributed by atoms with van der Waals surface area (Å²) in [6, 6.07) is 4.01. The Morgan fingerprint density at radius 1 is 1.04 bits per heavy atom. The van der Waals surface area contributed by atoms with Crippen molar-refractivity contribution in [3.05, 3.63) is 35.5 Å². The summed E-state index contributed by atoms with van der Waals surface area (Å²) in [6.07, 6.45) is 4.48. The third-order valence-corrected chi connectivity index (χ3v) is 5.67. The lowest BCUT2D eigenvalue weighted by atomic mass is 10.2. The summed E-state index contributed by atoms with van der Waals surface area (Å²) in [6.45, 7) is 3.80. The maximum absolute atomic E-state index is 5.87. The molecule has 2 N–H and O–H groups in total. The molecule has 0 aromatic carbocycles. The van der Waals surface area contributed by atoms with Crippen molar-refractivity contribution in [2.45, 2.75) is 6.42 Å². The Morgan fingerprint density at radius 2 is 1.85 bits per heavy atom. The molecule has 5 heterocycles. The van der Waals surface area contributed by atoms with Crippen LogP contribution in [0, 0.1) is 0 Å². The summed E-state index contributed by atoms with van der Waals surface area (Å²) in [5.41, 5.74) is 8.97. The molecule has 0 spiro atoms. The van der Waals surface area contributed by atoms with Crippen LogP contribution >= 0.6 is 11.3 Å². The number of pyridine rings is 1. The van der Waals surface area contributed by atoms with Crippen LogP contribution in [0.4, 0.5) is 23.3 Å². The van der Waals surface area contributed by atoms with Crippen LogP contribution in [0.2, 0.25) is 0 Å². The summed E-state index contributed by atoms with van der Waals surface area (Å²) >= 11 is 1.52. The van der Waals surface area contributed by atoms with Gasteiger partial charge in [-0.3, -0.25) is 4.98 Å². The fraction of sp³-hybridized carbons (Fsp3) is 0.333. The number of morpholine rings is 1. The molecule has 1 fully saturated rings. The molecule has 3 aromatic heterocycles. The molecular formula is C18H19N7OS. The minimum atomic E-state index is 0.527. The monoisotopic (exact) mass is 381 g/mol. The number of nitrogen functional groups attached to an aromatic ring is 1. The van der Waals surface area contributed by atoms with E-state index >= 15 is 0 Å². The normalized spacial score (nSPS) is 16.6. The van der Waals surface area contributed by atoms with Crippen LogP contribution in [0.25, 0.3) is 10.7 Å². The van der Waals surface area contributed by atoms with Crippen LogP contribution < -0.4 is 15.5 Å². The Kier molecular flexibility index (Phi) is 4.10. The maximum Gasteiger partial charge on any atom is 0.228 e. The van der Waals surface area contributed by atoms with Crippen molar-refractivity contribution >= 4 is 34.6 Å². The number of rotatable bonds is 3. The van der Waals surface area contributed by atoms with Crippen molar-refractivity contribution in [2.24, 2.45) is 0 Å². The topological polar surface area (TPSA) is 93.3 Å². The standard InChI is InChI=1S/C18H19N7OS/c19-14-11-27-17(21-14)15-13-3-6-25(12-1-4-20-5-2-12)16(13)23-18(22-15)24-7-9-26-10-8-24/h1-2,4-5,11H,3,6-10,19H2. The van der Waals surface area contributed by atoms with Gasteiger partial charge in [0.25, 0.3) is 0 Å². The predicted octanol–water partition coefficient (Wildman–Crippen LogP) is 2.11. The Morgan fingerprint density at radius 3 is 2.59 bits per heavy atom. The molecule has 8 nitrogen and oxygen atoms in total. The zero-order valence-electron chi connectivity index (χ0n) is 14.7. The second-order valence-electron chi connectivity index (χ2n) is 6.46. The average Bonchev–Trinajstić information content (AvgIpc) is 3.35. The number of hydrogen-bond donors (Lipinski definition) is 1. The molecule has 3 aromatic rings. The van der Waals surface area contributed by atoms with Crippen LogP contribution in [-0.4, -0.2) is 52.8 Å². The molecule has 0 aliphatic carbocycles. The third kappa shape index (κ3) is 2.98. The van der Waals surface area contributed by atoms with E-state index in [1.807, 2.05) is 17.5 Å². The van der Waals surface area contributed by atoms with Crippen LogP contribution in [0.1, 0.15) is 5.56 Å². The minimum absolute atomic E-state index is 0.527. The quantitative estimate of drug-likeness (QED) is 0.737. The number of nitrogens with zero attached hydrogens (tertiary/aromatic N) is 6. The molecule has 0 atom stereocenters. The number of ether oxygens (including phenoxy) is 1. The first kappa shape index (κ1) is 16.4.